The Bertz CT molecular complexity index is 2440. The molecular formula is C57H78N10O9S. The van der Waals surface area contributed by atoms with Gasteiger partial charge in [0.2, 0.25) is 29.5 Å². The minimum Gasteiger partial charge on any atom is -0.457 e. The molecular weight excluding hydrogens is 1000 g/mol. The van der Waals surface area contributed by atoms with Crippen molar-refractivity contribution < 1.29 is 42.9 Å². The van der Waals surface area contributed by atoms with E-state index in [-0.39, 0.29) is 36.0 Å². The SMILES string of the molecule is CN(C/C=C/C(=O)Nc1cccc(Nc2cc(Nc3ccc(Oc4ccccc4)cc3)ncn2)c1)CCCCNC(=O)CCCC(=O)NCCCOCCOCCOCCCNC(=O)CCCC[C@@H]1SC[C@@H]2NC(=O)C[C@@H]21. The van der Waals surface area contributed by atoms with E-state index in [0.717, 1.165) is 73.7 Å². The molecule has 2 aliphatic heterocycles. The lowest BCUT2D eigenvalue weighted by Gasteiger charge is -2.15. The molecule has 0 aliphatic carbocycles. The number of carbonyl (C=O) groups is 5. The van der Waals surface area contributed by atoms with Gasteiger partial charge in [0.1, 0.15) is 29.5 Å². The van der Waals surface area contributed by atoms with Crippen LogP contribution >= 0.6 is 11.8 Å². The van der Waals surface area contributed by atoms with E-state index < -0.39 is 0 Å². The summed E-state index contributed by atoms with van der Waals surface area (Å²) in [6.45, 7) is 5.97. The highest BCUT2D eigenvalue weighted by molar-refractivity contribution is 8.00. The molecule has 1 aromatic heterocycles. The number of unbranched alkanes of at least 4 members (excludes halogenated alkanes) is 2. The number of hydrogen-bond donors (Lipinski definition) is 7. The molecule has 5 amide bonds. The van der Waals surface area contributed by atoms with Crippen LogP contribution in [-0.4, -0.2) is 141 Å². The van der Waals surface area contributed by atoms with E-state index in [1.807, 2.05) is 104 Å². The van der Waals surface area contributed by atoms with E-state index in [1.54, 1.807) is 6.07 Å². The number of fused-ring (bicyclic) bond motifs is 1. The second-order valence-electron chi connectivity index (χ2n) is 19.0. The highest BCUT2D eigenvalue weighted by atomic mass is 32.2. The van der Waals surface area contributed by atoms with Crippen LogP contribution < -0.4 is 42.0 Å². The van der Waals surface area contributed by atoms with Gasteiger partial charge in [-0.2, -0.15) is 11.8 Å². The van der Waals surface area contributed by atoms with Crippen molar-refractivity contribution in [2.75, 3.05) is 101 Å². The van der Waals surface area contributed by atoms with Crippen molar-refractivity contribution in [1.82, 2.24) is 36.1 Å². The van der Waals surface area contributed by atoms with Crippen LogP contribution in [0.3, 0.4) is 0 Å². The lowest BCUT2D eigenvalue weighted by Crippen LogP contribution is -2.29. The summed E-state index contributed by atoms with van der Waals surface area (Å²) in [7, 11) is 1.98. The zero-order valence-electron chi connectivity index (χ0n) is 44.4. The third kappa shape index (κ3) is 24.5. The molecule has 20 heteroatoms. The molecule has 6 rings (SSSR count). The average molecular weight is 1080 g/mol. The summed E-state index contributed by atoms with van der Waals surface area (Å²) in [5.74, 6) is 4.04. The molecule has 0 spiro atoms. The van der Waals surface area contributed by atoms with Gasteiger partial charge in [0.05, 0.1) is 26.4 Å². The molecule has 3 aromatic carbocycles. The summed E-state index contributed by atoms with van der Waals surface area (Å²) < 4.78 is 22.6. The summed E-state index contributed by atoms with van der Waals surface area (Å²) >= 11 is 1.96. The smallest absolute Gasteiger partial charge is 0.248 e. The first kappa shape index (κ1) is 59.7. The van der Waals surface area contributed by atoms with Crippen molar-refractivity contribution in [1.29, 1.82) is 0 Å². The van der Waals surface area contributed by atoms with Crippen LogP contribution in [0.25, 0.3) is 0 Å². The van der Waals surface area contributed by atoms with E-state index in [1.165, 1.54) is 12.4 Å². The molecule has 2 saturated heterocycles. The zero-order valence-corrected chi connectivity index (χ0v) is 45.3. The van der Waals surface area contributed by atoms with Gasteiger partial charge in [0.25, 0.3) is 0 Å². The van der Waals surface area contributed by atoms with Crippen molar-refractivity contribution in [2.24, 2.45) is 5.92 Å². The molecule has 7 N–H and O–H groups in total. The number of nitrogens with one attached hydrogen (secondary N) is 7. The number of thioether (sulfide) groups is 1. The number of nitrogens with zero attached hydrogens (tertiary/aromatic N) is 3. The van der Waals surface area contributed by atoms with Crippen molar-refractivity contribution in [3.05, 3.63) is 103 Å². The van der Waals surface area contributed by atoms with Crippen LogP contribution in [0.5, 0.6) is 11.5 Å². The maximum absolute atomic E-state index is 12.7. The van der Waals surface area contributed by atoms with E-state index in [0.29, 0.717) is 132 Å². The Balaban J connectivity index is 0.674. The molecule has 0 saturated carbocycles. The standard InChI is InChI=1S/C57H78N10O9S/c1-67(31-11-22-56(71)65-45-15-9-14-44(38-45)64-52-40-51(61-42-62-52)63-43-23-25-47(26-24-43)76-46-16-3-2-4-17-46)30-8-7-27-58-54(69)20-10-21-55(70)60-29-13-33-74-35-37-75-36-34-73-32-12-28-59-53(68)19-6-5-18-50-48-39-57(72)66-49(48)41-77-50/h2-4,9,11,14-17,22-26,38,40,42,48-50H,5-8,10,12-13,18-21,27-37,39,41H2,1H3,(H,58,69)(H,59,68)(H,60,70)(H,65,71)(H,66,72)(H2,61,62,63,64)/b22-11+/t48-,49-,50-/m0/s1. The van der Waals surface area contributed by atoms with Crippen molar-refractivity contribution in [3.63, 3.8) is 0 Å². The average Bonchev–Trinajstić information content (AvgIpc) is 3.99. The summed E-state index contributed by atoms with van der Waals surface area (Å²) in [5, 5.41) is 21.9. The predicted molar refractivity (Wildman–Crippen MR) is 302 cm³/mol. The normalized spacial score (nSPS) is 15.7. The minimum absolute atomic E-state index is 0.0636. The van der Waals surface area contributed by atoms with Gasteiger partial charge in [0.15, 0.2) is 0 Å². The Morgan fingerprint density at radius 2 is 1.27 bits per heavy atom. The lowest BCUT2D eigenvalue weighted by molar-refractivity contribution is -0.123. The van der Waals surface area contributed by atoms with Gasteiger partial charge in [-0.25, -0.2) is 9.97 Å². The lowest BCUT2D eigenvalue weighted by atomic mass is 9.94. The molecule has 2 fully saturated rings. The first-order chi connectivity index (χ1) is 37.6. The topological polar surface area (TPSA) is 235 Å². The predicted octanol–water partition coefficient (Wildman–Crippen LogP) is 7.49. The molecule has 77 heavy (non-hydrogen) atoms. The molecule has 0 unspecified atom stereocenters. The largest absolute Gasteiger partial charge is 0.457 e. The number of carbonyl (C=O) groups excluding carboxylic acids is 5. The third-order valence-corrected chi connectivity index (χ3v) is 14.2. The van der Waals surface area contributed by atoms with Crippen molar-refractivity contribution in [2.45, 2.75) is 88.3 Å². The first-order valence-corrected chi connectivity index (χ1v) is 28.1. The zero-order chi connectivity index (χ0) is 54.1. The molecule has 3 atom stereocenters. The fourth-order valence-electron chi connectivity index (χ4n) is 8.63. The second-order valence-corrected chi connectivity index (χ2v) is 20.3. The number of anilines is 5. The Morgan fingerprint density at radius 1 is 0.662 bits per heavy atom. The van der Waals surface area contributed by atoms with Crippen LogP contribution in [0.2, 0.25) is 0 Å². The van der Waals surface area contributed by atoms with Crippen molar-refractivity contribution >= 4 is 70.0 Å². The van der Waals surface area contributed by atoms with Crippen molar-refractivity contribution in [3.8, 4) is 11.5 Å². The third-order valence-electron chi connectivity index (χ3n) is 12.7. The monoisotopic (exact) mass is 1080 g/mol. The number of para-hydroxylation sites is 1. The van der Waals surface area contributed by atoms with Gasteiger partial charge in [-0.15, -0.1) is 0 Å². The van der Waals surface area contributed by atoms with Gasteiger partial charge in [-0.05, 0) is 113 Å². The Hall–Kier alpha value is -6.58. The molecule has 4 aromatic rings. The highest BCUT2D eigenvalue weighted by Gasteiger charge is 2.42. The van der Waals surface area contributed by atoms with E-state index in [9.17, 15) is 24.0 Å². The first-order valence-electron chi connectivity index (χ1n) is 27.0. The Morgan fingerprint density at radius 3 is 1.96 bits per heavy atom. The van der Waals surface area contributed by atoms with Crippen LogP contribution in [0.1, 0.15) is 77.0 Å². The Labute approximate surface area is 457 Å². The number of aromatic nitrogens is 2. The maximum atomic E-state index is 12.7. The fourth-order valence-corrected chi connectivity index (χ4v) is 10.3. The molecule has 0 bridgehead atoms. The van der Waals surface area contributed by atoms with Gasteiger partial charge in [-0.3, -0.25) is 24.0 Å². The fraction of sp³-hybridized carbons (Fsp3) is 0.491. The Kier molecular flexibility index (Phi) is 27.1. The second kappa shape index (κ2) is 35.0. The highest BCUT2D eigenvalue weighted by Crippen LogP contribution is 2.40. The number of ether oxygens (including phenoxy) is 4. The van der Waals surface area contributed by atoms with Gasteiger partial charge in [-0.1, -0.05) is 36.8 Å². The molecule has 19 nitrogen and oxygen atoms in total. The summed E-state index contributed by atoms with van der Waals surface area (Å²) in [5.41, 5.74) is 2.22. The summed E-state index contributed by atoms with van der Waals surface area (Å²) in [4.78, 5) is 71.8. The van der Waals surface area contributed by atoms with E-state index in [2.05, 4.69) is 52.1 Å². The van der Waals surface area contributed by atoms with Crippen LogP contribution in [0.15, 0.2) is 103 Å². The molecule has 3 heterocycles. The van der Waals surface area contributed by atoms with Crippen LogP contribution in [-0.2, 0) is 38.2 Å². The number of benzene rings is 3. The molecule has 416 valence electrons. The number of rotatable bonds is 38. The quantitative estimate of drug-likeness (QED) is 0.0170. The van der Waals surface area contributed by atoms with Crippen LogP contribution in [0.4, 0.5) is 28.7 Å². The van der Waals surface area contributed by atoms with Gasteiger partial charge < -0.3 is 61.1 Å². The number of likely N-dealkylation sites (N-methyl/N-ethyl adjacent to an activating group) is 1. The number of hydrogen-bond acceptors (Lipinski definition) is 15. The van der Waals surface area contributed by atoms with E-state index >= 15 is 0 Å². The van der Waals surface area contributed by atoms with Gasteiger partial charge >= 0.3 is 0 Å². The molecule has 0 radical (unpaired) electrons. The van der Waals surface area contributed by atoms with E-state index in [4.69, 9.17) is 18.9 Å². The minimum atomic E-state index is -0.238. The van der Waals surface area contributed by atoms with Crippen LogP contribution in [0, 0.1) is 5.92 Å². The summed E-state index contributed by atoms with van der Waals surface area (Å²) in [6, 6.07) is 26.7. The summed E-state index contributed by atoms with van der Waals surface area (Å²) in [6.07, 6.45) is 13.1. The molecule has 2 aliphatic rings. The van der Waals surface area contributed by atoms with Gasteiger partial charge in [0, 0.05) is 117 Å². The maximum Gasteiger partial charge on any atom is 0.248 e. The number of amides is 5.